The van der Waals surface area contributed by atoms with Gasteiger partial charge in [-0.15, -0.1) is 0 Å². The molecule has 2 aliphatic rings. The first kappa shape index (κ1) is 28.4. The number of rotatable bonds is 8. The van der Waals surface area contributed by atoms with Crippen molar-refractivity contribution in [1.29, 1.82) is 0 Å². The van der Waals surface area contributed by atoms with E-state index in [0.717, 1.165) is 18.4 Å². The number of nitrogens with zero attached hydrogens (tertiary/aromatic N) is 2. The van der Waals surface area contributed by atoms with Gasteiger partial charge < -0.3 is 24.6 Å². The summed E-state index contributed by atoms with van der Waals surface area (Å²) in [7, 11) is 0. The molecule has 41 heavy (non-hydrogen) atoms. The number of ether oxygens (including phenoxy) is 1. The minimum atomic E-state index is -1.19. The first-order valence-corrected chi connectivity index (χ1v) is 13.5. The normalized spacial score (nSPS) is 17.0. The van der Waals surface area contributed by atoms with Gasteiger partial charge in [-0.1, -0.05) is 37.3 Å². The van der Waals surface area contributed by atoms with Crippen LogP contribution < -0.4 is 15.5 Å². The van der Waals surface area contributed by atoms with Crippen LogP contribution in [0.25, 0.3) is 0 Å². The number of nitrogens with one attached hydrogen (secondary N) is 1. The number of aromatic nitrogens is 1. The predicted octanol–water partition coefficient (Wildman–Crippen LogP) is 4.05. The van der Waals surface area contributed by atoms with Crippen LogP contribution in [-0.2, 0) is 13.2 Å². The molecular formula is C30H30F3N3O5. The van der Waals surface area contributed by atoms with Crippen molar-refractivity contribution in [2.75, 3.05) is 19.7 Å². The smallest absolute Gasteiger partial charge is 0.274 e. The van der Waals surface area contributed by atoms with Crippen LogP contribution in [0.1, 0.15) is 75.8 Å². The fourth-order valence-corrected chi connectivity index (χ4v) is 5.58. The second-order valence-corrected chi connectivity index (χ2v) is 10.4. The number of hydrogen-bond acceptors (Lipinski definition) is 5. The summed E-state index contributed by atoms with van der Waals surface area (Å²) in [6, 6.07) is 9.70. The van der Waals surface area contributed by atoms with Crippen LogP contribution in [0.4, 0.5) is 13.2 Å². The zero-order chi connectivity index (χ0) is 29.3. The average molecular weight is 570 g/mol. The Labute approximate surface area is 234 Å². The van der Waals surface area contributed by atoms with Crippen molar-refractivity contribution in [1.82, 2.24) is 14.8 Å². The van der Waals surface area contributed by atoms with E-state index in [1.54, 1.807) is 40.7 Å². The van der Waals surface area contributed by atoms with Gasteiger partial charge in [0.15, 0.2) is 11.4 Å². The zero-order valence-electron chi connectivity index (χ0n) is 22.5. The zero-order valence-corrected chi connectivity index (χ0v) is 22.5. The molecule has 2 unspecified atom stereocenters. The van der Waals surface area contributed by atoms with E-state index in [1.807, 2.05) is 6.07 Å². The van der Waals surface area contributed by atoms with E-state index in [9.17, 15) is 32.7 Å². The Hall–Kier alpha value is -4.12. The molecule has 216 valence electrons. The van der Waals surface area contributed by atoms with Crippen molar-refractivity contribution in [3.63, 3.8) is 0 Å². The Balaban J connectivity index is 1.66. The molecule has 1 aromatic heterocycles. The molecule has 2 atom stereocenters. The van der Waals surface area contributed by atoms with Gasteiger partial charge in [0.1, 0.15) is 29.6 Å². The van der Waals surface area contributed by atoms with E-state index >= 15 is 0 Å². The molecule has 2 aliphatic heterocycles. The van der Waals surface area contributed by atoms with Crippen LogP contribution in [-0.4, -0.2) is 46.1 Å². The van der Waals surface area contributed by atoms with E-state index < -0.39 is 59.3 Å². The van der Waals surface area contributed by atoms with Crippen LogP contribution in [0.3, 0.4) is 0 Å². The molecule has 2 amide bonds. The van der Waals surface area contributed by atoms with Gasteiger partial charge in [0.25, 0.3) is 11.8 Å². The molecule has 2 bridgehead atoms. The van der Waals surface area contributed by atoms with Crippen LogP contribution in [0.2, 0.25) is 0 Å². The first-order valence-electron chi connectivity index (χ1n) is 13.5. The number of carbonyl (C=O) groups excluding carboxylic acids is 2. The van der Waals surface area contributed by atoms with Gasteiger partial charge in [-0.3, -0.25) is 14.4 Å². The summed E-state index contributed by atoms with van der Waals surface area (Å²) in [6.45, 7) is 1.35. The Morgan fingerprint density at radius 2 is 1.83 bits per heavy atom. The number of halogens is 3. The molecular weight excluding hydrogens is 539 g/mol. The Morgan fingerprint density at radius 3 is 2.51 bits per heavy atom. The first-order chi connectivity index (χ1) is 19.7. The van der Waals surface area contributed by atoms with E-state index in [4.69, 9.17) is 4.74 Å². The second-order valence-electron chi connectivity index (χ2n) is 10.4. The van der Waals surface area contributed by atoms with Crippen molar-refractivity contribution in [3.05, 3.63) is 98.2 Å². The van der Waals surface area contributed by atoms with Crippen molar-refractivity contribution in [3.8, 4) is 5.75 Å². The number of fused-ring (bicyclic) bond motifs is 4. The lowest BCUT2D eigenvalue weighted by Crippen LogP contribution is -2.47. The summed E-state index contributed by atoms with van der Waals surface area (Å²) in [5, 5.41) is 12.5. The number of pyridine rings is 1. The van der Waals surface area contributed by atoms with Gasteiger partial charge >= 0.3 is 0 Å². The fraction of sp³-hybridized carbons (Fsp3) is 0.367. The van der Waals surface area contributed by atoms with Gasteiger partial charge in [0.2, 0.25) is 5.43 Å². The largest absolute Gasteiger partial charge is 0.483 e. The van der Waals surface area contributed by atoms with Gasteiger partial charge in [-0.05, 0) is 24.8 Å². The number of hydrogen-bond donors (Lipinski definition) is 2. The van der Waals surface area contributed by atoms with Crippen molar-refractivity contribution in [2.45, 2.75) is 51.3 Å². The molecule has 8 nitrogen and oxygen atoms in total. The van der Waals surface area contributed by atoms with Gasteiger partial charge in [0, 0.05) is 48.9 Å². The lowest BCUT2D eigenvalue weighted by molar-refractivity contribution is 0.0668. The minimum Gasteiger partial charge on any atom is -0.483 e. The highest BCUT2D eigenvalue weighted by atomic mass is 19.1. The molecule has 3 aromatic rings. The summed E-state index contributed by atoms with van der Waals surface area (Å²) in [5.41, 5.74) is -0.930. The monoisotopic (exact) mass is 569 g/mol. The molecule has 0 radical (unpaired) electrons. The average Bonchev–Trinajstić information content (AvgIpc) is 3.18. The second kappa shape index (κ2) is 11.8. The molecule has 2 aromatic carbocycles. The minimum absolute atomic E-state index is 0.0200. The van der Waals surface area contributed by atoms with Crippen molar-refractivity contribution < 1.29 is 32.6 Å². The van der Waals surface area contributed by atoms with E-state index in [2.05, 4.69) is 5.32 Å². The van der Waals surface area contributed by atoms with E-state index in [1.165, 1.54) is 0 Å². The molecule has 11 heteroatoms. The Bertz CT molecular complexity index is 1520. The van der Waals surface area contributed by atoms with Crippen LogP contribution in [0.15, 0.2) is 47.3 Å². The molecule has 0 spiro atoms. The quantitative estimate of drug-likeness (QED) is 0.427. The third kappa shape index (κ3) is 5.46. The molecule has 0 aliphatic carbocycles. The topological polar surface area (TPSA) is 101 Å². The maximum Gasteiger partial charge on any atom is 0.274 e. The predicted molar refractivity (Wildman–Crippen MR) is 143 cm³/mol. The highest BCUT2D eigenvalue weighted by molar-refractivity contribution is 6.00. The van der Waals surface area contributed by atoms with Crippen LogP contribution >= 0.6 is 0 Å². The van der Waals surface area contributed by atoms with E-state index in [-0.39, 0.29) is 35.3 Å². The lowest BCUT2D eigenvalue weighted by atomic mass is 9.95. The molecule has 3 heterocycles. The number of benzene rings is 2. The number of carbonyl (C=O) groups is 2. The van der Waals surface area contributed by atoms with Gasteiger partial charge in [0.05, 0.1) is 12.6 Å². The number of aliphatic hydroxyl groups is 1. The summed E-state index contributed by atoms with van der Waals surface area (Å²) in [6.07, 6.45) is 2.24. The fourth-order valence-electron chi connectivity index (χ4n) is 5.58. The third-order valence-corrected chi connectivity index (χ3v) is 7.63. The highest BCUT2D eigenvalue weighted by Crippen LogP contribution is 2.37. The Kier molecular flexibility index (Phi) is 8.16. The molecule has 1 saturated heterocycles. The lowest BCUT2D eigenvalue weighted by Gasteiger charge is -2.38. The SMILES string of the molecule is CC(CO)c1c(C(=O)NCc2c(F)cc(F)cc2F)c(=O)c(OCc2ccccc2)c2n1C1CCCCN(C1)C2=O. The number of aliphatic hydroxyl groups excluding tert-OH is 1. The maximum atomic E-state index is 14.3. The molecule has 5 rings (SSSR count). The highest BCUT2D eigenvalue weighted by Gasteiger charge is 2.41. The molecule has 0 saturated carbocycles. The van der Waals surface area contributed by atoms with E-state index in [0.29, 0.717) is 31.6 Å². The van der Waals surface area contributed by atoms with Crippen LogP contribution in [0.5, 0.6) is 5.75 Å². The summed E-state index contributed by atoms with van der Waals surface area (Å²) < 4.78 is 49.6. The van der Waals surface area contributed by atoms with Crippen LogP contribution in [0, 0.1) is 17.5 Å². The van der Waals surface area contributed by atoms with Gasteiger partial charge in [-0.2, -0.15) is 0 Å². The third-order valence-electron chi connectivity index (χ3n) is 7.63. The maximum absolute atomic E-state index is 14.3. The van der Waals surface area contributed by atoms with Crippen molar-refractivity contribution >= 4 is 11.8 Å². The summed E-state index contributed by atoms with van der Waals surface area (Å²) >= 11 is 0. The summed E-state index contributed by atoms with van der Waals surface area (Å²) in [4.78, 5) is 43.1. The van der Waals surface area contributed by atoms with Crippen molar-refractivity contribution in [2.24, 2.45) is 0 Å². The standard InChI is InChI=1S/C30H30F3N3O5/c1-17(15-37)25-24(29(39)34-13-21-22(32)11-19(31)12-23(21)33)27(38)28(41-16-18-7-3-2-4-8-18)26-30(40)35-10-6-5-9-20(14-35)36(25)26/h2-4,7-8,11-12,17,20,37H,5-6,9-10,13-16H2,1H3,(H,34,39). The molecule has 1 fully saturated rings. The number of amides is 2. The Morgan fingerprint density at radius 1 is 1.12 bits per heavy atom. The summed E-state index contributed by atoms with van der Waals surface area (Å²) in [5.74, 6) is -5.89. The molecule has 2 N–H and O–H groups in total. The van der Waals surface area contributed by atoms with Gasteiger partial charge in [-0.25, -0.2) is 13.2 Å².